The maximum absolute atomic E-state index is 14.8. The molecule has 1 aliphatic carbocycles. The topological polar surface area (TPSA) is 31.4 Å². The Morgan fingerprint density at radius 3 is 2.41 bits per heavy atom. The number of alkyl halides is 2. The summed E-state index contributed by atoms with van der Waals surface area (Å²) in [6, 6.07) is 12.4. The van der Waals surface area contributed by atoms with Gasteiger partial charge in [0.15, 0.2) is 17.5 Å². The minimum atomic E-state index is -3.97. The van der Waals surface area contributed by atoms with Crippen LogP contribution < -0.4 is 4.74 Å². The molecule has 0 radical (unpaired) electrons. The lowest BCUT2D eigenvalue weighted by atomic mass is 9.78. The zero-order valence-corrected chi connectivity index (χ0v) is 22.0. The molecule has 0 bridgehead atoms. The second kappa shape index (κ2) is 10.2. The van der Waals surface area contributed by atoms with Gasteiger partial charge in [-0.05, 0) is 78.3 Å². The molecule has 39 heavy (non-hydrogen) atoms. The second-order valence-corrected chi connectivity index (χ2v) is 11.6. The highest BCUT2D eigenvalue weighted by Gasteiger charge is 2.39. The van der Waals surface area contributed by atoms with E-state index in [0.29, 0.717) is 40.3 Å². The third kappa shape index (κ3) is 5.26. The molecule has 3 nitrogen and oxygen atoms in total. The number of ether oxygens (including phenoxy) is 2. The molecule has 4 aromatic rings. The van der Waals surface area contributed by atoms with Crippen LogP contribution in [0.5, 0.6) is 5.75 Å². The first-order valence-electron chi connectivity index (χ1n) is 13.0. The number of hydrogen-bond donors (Lipinski definition) is 0. The van der Waals surface area contributed by atoms with Crippen LogP contribution >= 0.6 is 11.3 Å². The second-order valence-electron chi connectivity index (χ2n) is 10.6. The van der Waals surface area contributed by atoms with Gasteiger partial charge in [0.05, 0.1) is 16.3 Å². The first-order chi connectivity index (χ1) is 18.7. The van der Waals surface area contributed by atoms with E-state index in [9.17, 15) is 22.0 Å². The first-order valence-corrected chi connectivity index (χ1v) is 13.8. The molecule has 0 saturated carbocycles. The van der Waals surface area contributed by atoms with Gasteiger partial charge in [0, 0.05) is 18.7 Å². The Bertz CT molecular complexity index is 1510. The minimum absolute atomic E-state index is 0.333. The van der Waals surface area contributed by atoms with E-state index in [0.717, 1.165) is 54.8 Å². The number of rotatable bonds is 5. The van der Waals surface area contributed by atoms with Crippen molar-refractivity contribution in [3.05, 3.63) is 82.1 Å². The number of nitrogens with zero attached hydrogens (tertiary/aromatic N) is 1. The summed E-state index contributed by atoms with van der Waals surface area (Å²) in [5.74, 6) is -4.66. The molecular weight excluding hydrogens is 533 g/mol. The van der Waals surface area contributed by atoms with E-state index in [-0.39, 0.29) is 0 Å². The van der Waals surface area contributed by atoms with Crippen LogP contribution in [0, 0.1) is 29.3 Å². The van der Waals surface area contributed by atoms with Crippen molar-refractivity contribution in [2.45, 2.75) is 51.2 Å². The van der Waals surface area contributed by atoms with Gasteiger partial charge in [0.1, 0.15) is 5.75 Å². The van der Waals surface area contributed by atoms with Gasteiger partial charge in [-0.1, -0.05) is 31.2 Å². The van der Waals surface area contributed by atoms with Crippen molar-refractivity contribution >= 4 is 21.6 Å². The van der Waals surface area contributed by atoms with E-state index in [2.05, 4.69) is 34.8 Å². The molecule has 204 valence electrons. The van der Waals surface area contributed by atoms with Gasteiger partial charge in [0.2, 0.25) is 5.01 Å². The number of aromatic nitrogens is 1. The molecule has 3 aromatic carbocycles. The Kier molecular flexibility index (Phi) is 6.83. The molecule has 0 spiro atoms. The molecule has 6 rings (SSSR count). The Morgan fingerprint density at radius 1 is 0.923 bits per heavy atom. The highest BCUT2D eigenvalue weighted by molar-refractivity contribution is 7.18. The zero-order chi connectivity index (χ0) is 27.3. The van der Waals surface area contributed by atoms with E-state index < -0.39 is 34.3 Å². The fourth-order valence-electron chi connectivity index (χ4n) is 5.57. The van der Waals surface area contributed by atoms with Gasteiger partial charge in [-0.15, -0.1) is 11.3 Å². The molecule has 1 aliphatic heterocycles. The van der Waals surface area contributed by atoms with Gasteiger partial charge in [-0.3, -0.25) is 0 Å². The van der Waals surface area contributed by atoms with Gasteiger partial charge >= 0.3 is 6.11 Å². The number of aryl methyl sites for hydroxylation is 1. The largest absolute Gasteiger partial charge is 0.454 e. The van der Waals surface area contributed by atoms with Crippen molar-refractivity contribution in [3.63, 3.8) is 0 Å². The molecule has 1 fully saturated rings. The van der Waals surface area contributed by atoms with E-state index >= 15 is 0 Å². The summed E-state index contributed by atoms with van der Waals surface area (Å²) in [6.45, 7) is 3.08. The summed E-state index contributed by atoms with van der Waals surface area (Å²) < 4.78 is 80.9. The van der Waals surface area contributed by atoms with Crippen LogP contribution in [0.15, 0.2) is 48.5 Å². The fraction of sp³-hybridized carbons (Fsp3) is 0.367. The fourth-order valence-corrected chi connectivity index (χ4v) is 6.48. The monoisotopic (exact) mass is 559 g/mol. The van der Waals surface area contributed by atoms with Crippen molar-refractivity contribution in [1.82, 2.24) is 4.98 Å². The van der Waals surface area contributed by atoms with Crippen LogP contribution in [0.4, 0.5) is 22.0 Å². The van der Waals surface area contributed by atoms with E-state index in [1.807, 2.05) is 6.07 Å². The van der Waals surface area contributed by atoms with E-state index in [4.69, 9.17) is 4.74 Å². The highest BCUT2D eigenvalue weighted by atomic mass is 32.1. The quantitative estimate of drug-likeness (QED) is 0.182. The van der Waals surface area contributed by atoms with Gasteiger partial charge < -0.3 is 9.47 Å². The average Bonchev–Trinajstić information content (AvgIpc) is 3.36. The lowest BCUT2D eigenvalue weighted by Crippen LogP contribution is -2.34. The van der Waals surface area contributed by atoms with E-state index in [1.54, 1.807) is 12.1 Å². The van der Waals surface area contributed by atoms with Gasteiger partial charge in [-0.25, -0.2) is 18.2 Å². The van der Waals surface area contributed by atoms with E-state index in [1.165, 1.54) is 17.5 Å². The Morgan fingerprint density at radius 2 is 1.67 bits per heavy atom. The molecule has 2 aliphatic rings. The highest BCUT2D eigenvalue weighted by Crippen LogP contribution is 2.39. The maximum atomic E-state index is 14.8. The molecule has 0 N–H and O–H groups in total. The van der Waals surface area contributed by atoms with Crippen LogP contribution in [0.25, 0.3) is 21.3 Å². The Balaban J connectivity index is 1.21. The number of benzene rings is 3. The van der Waals surface area contributed by atoms with Crippen LogP contribution in [-0.2, 0) is 23.7 Å². The molecule has 3 atom stereocenters. The SMILES string of the molecule is CC1CCC(C2CCc3cc(-c4ccc5nc(C(F)(F)Oc6cc(F)c(F)c(F)c6)sc5c4)ccc3C2)OC1. The van der Waals surface area contributed by atoms with Crippen LogP contribution in [-0.4, -0.2) is 17.7 Å². The normalized spacial score (nSPS) is 21.6. The predicted molar refractivity (Wildman–Crippen MR) is 140 cm³/mol. The minimum Gasteiger partial charge on any atom is -0.427 e. The summed E-state index contributed by atoms with van der Waals surface area (Å²) in [6.07, 6.45) is 1.77. The third-order valence-electron chi connectivity index (χ3n) is 7.71. The lowest BCUT2D eigenvalue weighted by molar-refractivity contribution is -0.185. The van der Waals surface area contributed by atoms with Crippen molar-refractivity contribution in [2.24, 2.45) is 11.8 Å². The van der Waals surface area contributed by atoms with Crippen molar-refractivity contribution < 1.29 is 31.4 Å². The summed E-state index contributed by atoms with van der Waals surface area (Å²) in [7, 11) is 0. The number of halogens is 5. The molecular formula is C30H26F5NO2S. The van der Waals surface area contributed by atoms with Crippen LogP contribution in [0.3, 0.4) is 0 Å². The molecule has 2 heterocycles. The molecule has 1 saturated heterocycles. The summed E-state index contributed by atoms with van der Waals surface area (Å²) in [4.78, 5) is 3.98. The molecule has 9 heteroatoms. The maximum Gasteiger partial charge on any atom is 0.454 e. The number of fused-ring (bicyclic) bond motifs is 2. The Hall–Kier alpha value is -3.04. The zero-order valence-electron chi connectivity index (χ0n) is 21.2. The van der Waals surface area contributed by atoms with Crippen LogP contribution in [0.1, 0.15) is 42.3 Å². The first kappa shape index (κ1) is 26.2. The van der Waals surface area contributed by atoms with Gasteiger partial charge in [-0.2, -0.15) is 8.78 Å². The summed E-state index contributed by atoms with van der Waals surface area (Å²) in [5.41, 5.74) is 4.85. The lowest BCUT2D eigenvalue weighted by Gasteiger charge is -2.35. The molecule has 3 unspecified atom stereocenters. The summed E-state index contributed by atoms with van der Waals surface area (Å²) >= 11 is 0.727. The predicted octanol–water partition coefficient (Wildman–Crippen LogP) is 8.43. The average molecular weight is 560 g/mol. The smallest absolute Gasteiger partial charge is 0.427 e. The molecule has 0 amide bonds. The Labute approximate surface area is 226 Å². The van der Waals surface area contributed by atoms with Gasteiger partial charge in [0.25, 0.3) is 0 Å². The number of thiazole rings is 1. The summed E-state index contributed by atoms with van der Waals surface area (Å²) in [5, 5.41) is -0.671. The number of hydrogen-bond acceptors (Lipinski definition) is 4. The van der Waals surface area contributed by atoms with Crippen molar-refractivity contribution in [3.8, 4) is 16.9 Å². The van der Waals surface area contributed by atoms with Crippen molar-refractivity contribution in [2.75, 3.05) is 6.61 Å². The molecule has 1 aromatic heterocycles. The van der Waals surface area contributed by atoms with Crippen LogP contribution in [0.2, 0.25) is 0 Å². The standard InChI is InChI=1S/C30H26F5NO2S/c1-16-2-9-26(37-15-16)21-6-5-17-10-18(3-4-19(17)11-21)20-7-8-25-27(12-20)39-29(36-25)30(34,35)38-22-13-23(31)28(33)24(32)14-22/h3-4,7-8,10,12-14,16,21,26H,2,5-6,9,11,15H2,1H3. The van der Waals surface area contributed by atoms with Crippen molar-refractivity contribution in [1.29, 1.82) is 0 Å². The third-order valence-corrected chi connectivity index (χ3v) is 8.78.